The summed E-state index contributed by atoms with van der Waals surface area (Å²) in [5, 5.41) is 3.59. The fraction of sp³-hybridized carbons (Fsp3) is 0.667. The Morgan fingerprint density at radius 2 is 2.22 bits per heavy atom. The van der Waals surface area contributed by atoms with E-state index in [9.17, 15) is 0 Å². The number of pyridine rings is 1. The lowest BCUT2D eigenvalue weighted by atomic mass is 9.80. The zero-order valence-corrected chi connectivity index (χ0v) is 13.0. The second-order valence-electron chi connectivity index (χ2n) is 5.75. The molecule has 0 radical (unpaired) electrons. The van der Waals surface area contributed by atoms with Crippen LogP contribution in [0.4, 0.5) is 0 Å². The standard InChI is InChI=1S/C15H23BrN2/c1-3-8-17-11-15(2,12-4-5-12)9-14-7-6-13(16)10-18-14/h6-7,10,12,17H,3-5,8-9,11H2,1-2H3. The maximum absolute atomic E-state index is 4.53. The predicted molar refractivity (Wildman–Crippen MR) is 79.6 cm³/mol. The summed E-state index contributed by atoms with van der Waals surface area (Å²) >= 11 is 3.44. The lowest BCUT2D eigenvalue weighted by Crippen LogP contribution is -2.36. The van der Waals surface area contributed by atoms with Gasteiger partial charge in [0.1, 0.15) is 0 Å². The van der Waals surface area contributed by atoms with Crippen molar-refractivity contribution in [2.45, 2.75) is 39.5 Å². The molecule has 3 heteroatoms. The van der Waals surface area contributed by atoms with Crippen molar-refractivity contribution in [2.75, 3.05) is 13.1 Å². The number of rotatable bonds is 7. The molecule has 0 bridgehead atoms. The molecule has 1 N–H and O–H groups in total. The largest absolute Gasteiger partial charge is 0.316 e. The van der Waals surface area contributed by atoms with Gasteiger partial charge in [-0.15, -0.1) is 0 Å². The second kappa shape index (κ2) is 6.16. The number of nitrogens with zero attached hydrogens (tertiary/aromatic N) is 1. The van der Waals surface area contributed by atoms with Gasteiger partial charge in [0.05, 0.1) is 0 Å². The molecule has 1 aromatic rings. The van der Waals surface area contributed by atoms with E-state index in [2.05, 4.69) is 52.2 Å². The predicted octanol–water partition coefficient (Wildman–Crippen LogP) is 3.80. The molecule has 1 aliphatic rings. The maximum atomic E-state index is 4.53. The molecular formula is C15H23BrN2. The Bertz CT molecular complexity index is 373. The molecule has 0 saturated heterocycles. The van der Waals surface area contributed by atoms with Gasteiger partial charge in [-0.3, -0.25) is 4.98 Å². The Kier molecular flexibility index (Phi) is 4.79. The number of nitrogens with one attached hydrogen (secondary N) is 1. The summed E-state index contributed by atoms with van der Waals surface area (Å²) in [7, 11) is 0. The normalized spacial score (nSPS) is 18.6. The van der Waals surface area contributed by atoms with E-state index in [0.717, 1.165) is 29.9 Å². The zero-order chi connectivity index (χ0) is 13.0. The quantitative estimate of drug-likeness (QED) is 0.775. The third-order valence-electron chi connectivity index (χ3n) is 3.89. The number of hydrogen-bond acceptors (Lipinski definition) is 2. The van der Waals surface area contributed by atoms with E-state index in [1.807, 2.05) is 6.20 Å². The van der Waals surface area contributed by atoms with Crippen LogP contribution in [0.1, 0.15) is 38.8 Å². The van der Waals surface area contributed by atoms with Crippen LogP contribution >= 0.6 is 15.9 Å². The molecule has 1 aliphatic carbocycles. The van der Waals surface area contributed by atoms with Gasteiger partial charge in [-0.25, -0.2) is 0 Å². The second-order valence-corrected chi connectivity index (χ2v) is 6.67. The van der Waals surface area contributed by atoms with Crippen molar-refractivity contribution < 1.29 is 0 Å². The summed E-state index contributed by atoms with van der Waals surface area (Å²) in [5.74, 6) is 0.882. The molecule has 1 saturated carbocycles. The van der Waals surface area contributed by atoms with Gasteiger partial charge in [0.2, 0.25) is 0 Å². The first-order valence-electron chi connectivity index (χ1n) is 6.95. The van der Waals surface area contributed by atoms with Crippen LogP contribution in [0, 0.1) is 11.3 Å². The van der Waals surface area contributed by atoms with Crippen molar-refractivity contribution >= 4 is 15.9 Å². The van der Waals surface area contributed by atoms with Gasteiger partial charge < -0.3 is 5.32 Å². The molecule has 1 atom stereocenters. The molecule has 1 aromatic heterocycles. The average Bonchev–Trinajstić information content (AvgIpc) is 3.17. The smallest absolute Gasteiger partial charge is 0.0413 e. The minimum Gasteiger partial charge on any atom is -0.316 e. The molecule has 0 aromatic carbocycles. The van der Waals surface area contributed by atoms with Crippen LogP contribution < -0.4 is 5.32 Å². The van der Waals surface area contributed by atoms with Crippen LogP contribution in [-0.4, -0.2) is 18.1 Å². The molecule has 100 valence electrons. The van der Waals surface area contributed by atoms with Crippen molar-refractivity contribution in [3.63, 3.8) is 0 Å². The van der Waals surface area contributed by atoms with Crippen LogP contribution in [0.25, 0.3) is 0 Å². The summed E-state index contributed by atoms with van der Waals surface area (Å²) in [6, 6.07) is 4.24. The first-order valence-corrected chi connectivity index (χ1v) is 7.74. The molecule has 0 spiro atoms. The molecule has 2 rings (SSSR count). The van der Waals surface area contributed by atoms with E-state index < -0.39 is 0 Å². The van der Waals surface area contributed by atoms with Crippen LogP contribution in [0.5, 0.6) is 0 Å². The highest BCUT2D eigenvalue weighted by Gasteiger charge is 2.41. The lowest BCUT2D eigenvalue weighted by molar-refractivity contribution is 0.254. The molecule has 2 nitrogen and oxygen atoms in total. The highest BCUT2D eigenvalue weighted by Crippen LogP contribution is 2.46. The van der Waals surface area contributed by atoms with Crippen LogP contribution in [-0.2, 0) is 6.42 Å². The van der Waals surface area contributed by atoms with Gasteiger partial charge in [0.25, 0.3) is 0 Å². The van der Waals surface area contributed by atoms with Gasteiger partial charge in [0, 0.05) is 22.9 Å². The minimum atomic E-state index is 0.371. The summed E-state index contributed by atoms with van der Waals surface area (Å²) < 4.78 is 1.06. The molecule has 18 heavy (non-hydrogen) atoms. The molecule has 0 aliphatic heterocycles. The Morgan fingerprint density at radius 3 is 2.78 bits per heavy atom. The van der Waals surface area contributed by atoms with E-state index in [0.29, 0.717) is 5.41 Å². The van der Waals surface area contributed by atoms with Crippen molar-refractivity contribution in [1.82, 2.24) is 10.3 Å². The topological polar surface area (TPSA) is 24.9 Å². The van der Waals surface area contributed by atoms with Crippen LogP contribution in [0.3, 0.4) is 0 Å². The molecular weight excluding hydrogens is 288 g/mol. The third-order valence-corrected chi connectivity index (χ3v) is 4.36. The monoisotopic (exact) mass is 310 g/mol. The van der Waals surface area contributed by atoms with Crippen molar-refractivity contribution in [3.8, 4) is 0 Å². The van der Waals surface area contributed by atoms with Crippen molar-refractivity contribution in [3.05, 3.63) is 28.5 Å². The van der Waals surface area contributed by atoms with Gasteiger partial charge in [-0.05, 0) is 71.6 Å². The van der Waals surface area contributed by atoms with E-state index in [4.69, 9.17) is 0 Å². The molecule has 1 fully saturated rings. The van der Waals surface area contributed by atoms with Crippen LogP contribution in [0.15, 0.2) is 22.8 Å². The first kappa shape index (κ1) is 14.0. The fourth-order valence-corrected chi connectivity index (χ4v) is 2.84. The summed E-state index contributed by atoms with van der Waals surface area (Å²) in [5.41, 5.74) is 1.58. The van der Waals surface area contributed by atoms with E-state index in [-0.39, 0.29) is 0 Å². The van der Waals surface area contributed by atoms with Crippen molar-refractivity contribution in [1.29, 1.82) is 0 Å². The number of hydrogen-bond donors (Lipinski definition) is 1. The highest BCUT2D eigenvalue weighted by atomic mass is 79.9. The van der Waals surface area contributed by atoms with E-state index in [1.54, 1.807) is 0 Å². The van der Waals surface area contributed by atoms with Gasteiger partial charge in [-0.2, -0.15) is 0 Å². The fourth-order valence-electron chi connectivity index (χ4n) is 2.61. The average molecular weight is 311 g/mol. The van der Waals surface area contributed by atoms with Crippen molar-refractivity contribution in [2.24, 2.45) is 11.3 Å². The van der Waals surface area contributed by atoms with E-state index in [1.165, 1.54) is 25.0 Å². The SMILES string of the molecule is CCCNCC(C)(Cc1ccc(Br)cn1)C1CC1. The maximum Gasteiger partial charge on any atom is 0.0413 e. The number of halogens is 1. The summed E-state index contributed by atoms with van der Waals surface area (Å²) in [4.78, 5) is 4.53. The molecule has 0 amide bonds. The number of aromatic nitrogens is 1. The van der Waals surface area contributed by atoms with Gasteiger partial charge >= 0.3 is 0 Å². The van der Waals surface area contributed by atoms with Gasteiger partial charge in [0.15, 0.2) is 0 Å². The lowest BCUT2D eigenvalue weighted by Gasteiger charge is -2.30. The Hall–Kier alpha value is -0.410. The Balaban J connectivity index is 1.98. The molecule has 1 heterocycles. The molecule has 1 unspecified atom stereocenters. The van der Waals surface area contributed by atoms with Crippen LogP contribution in [0.2, 0.25) is 0 Å². The minimum absolute atomic E-state index is 0.371. The highest BCUT2D eigenvalue weighted by molar-refractivity contribution is 9.10. The van der Waals surface area contributed by atoms with Gasteiger partial charge in [-0.1, -0.05) is 13.8 Å². The Morgan fingerprint density at radius 1 is 1.44 bits per heavy atom. The Labute approximate surface area is 119 Å². The first-order chi connectivity index (χ1) is 8.64. The third kappa shape index (κ3) is 3.79. The summed E-state index contributed by atoms with van der Waals surface area (Å²) in [6.07, 6.45) is 6.97. The summed E-state index contributed by atoms with van der Waals surface area (Å²) in [6.45, 7) is 6.87. The van der Waals surface area contributed by atoms with E-state index >= 15 is 0 Å². The zero-order valence-electron chi connectivity index (χ0n) is 11.4.